The highest BCUT2D eigenvalue weighted by Gasteiger charge is 2.43. The summed E-state index contributed by atoms with van der Waals surface area (Å²) in [5, 5.41) is 3.00. The van der Waals surface area contributed by atoms with Crippen LogP contribution in [0, 0.1) is 19.7 Å². The zero-order chi connectivity index (χ0) is 25.8. The van der Waals surface area contributed by atoms with Crippen LogP contribution in [0.4, 0.5) is 10.2 Å². The third-order valence-corrected chi connectivity index (χ3v) is 7.26. The fourth-order valence-electron chi connectivity index (χ4n) is 5.40. The second kappa shape index (κ2) is 8.64. The molecule has 0 spiro atoms. The van der Waals surface area contributed by atoms with Gasteiger partial charge in [-0.1, -0.05) is 18.2 Å². The fraction of sp³-hybridized carbons (Fsp3) is 0.167. The van der Waals surface area contributed by atoms with Crippen LogP contribution < -0.4 is 11.1 Å². The van der Waals surface area contributed by atoms with Crippen LogP contribution in [-0.4, -0.2) is 17.7 Å². The Hall–Kier alpha value is -4.36. The molecule has 0 fully saturated rings. The van der Waals surface area contributed by atoms with Crippen molar-refractivity contribution in [3.05, 3.63) is 111 Å². The van der Waals surface area contributed by atoms with E-state index in [0.29, 0.717) is 29.2 Å². The second-order valence-electron chi connectivity index (χ2n) is 9.48. The normalized spacial score (nSPS) is 16.8. The zero-order valence-electron chi connectivity index (χ0n) is 20.5. The van der Waals surface area contributed by atoms with E-state index in [1.807, 2.05) is 50.2 Å². The average Bonchev–Trinajstić information content (AvgIpc) is 3.44. The Morgan fingerprint density at radius 1 is 1.03 bits per heavy atom. The van der Waals surface area contributed by atoms with Gasteiger partial charge in [-0.25, -0.2) is 13.8 Å². The number of ether oxygens (including phenoxy) is 1. The van der Waals surface area contributed by atoms with E-state index in [4.69, 9.17) is 14.9 Å². The van der Waals surface area contributed by atoms with Crippen molar-refractivity contribution in [2.45, 2.75) is 32.6 Å². The van der Waals surface area contributed by atoms with Crippen LogP contribution in [0.1, 0.15) is 61.6 Å². The van der Waals surface area contributed by atoms with Crippen molar-refractivity contribution in [2.75, 3.05) is 5.73 Å². The van der Waals surface area contributed by atoms with Gasteiger partial charge in [-0.15, -0.1) is 0 Å². The largest absolute Gasteiger partial charge is 0.384 e. The number of rotatable bonds is 5. The van der Waals surface area contributed by atoms with Gasteiger partial charge >= 0.3 is 5.75 Å². The van der Waals surface area contributed by atoms with Crippen LogP contribution in [0.3, 0.4) is 0 Å². The Balaban J connectivity index is 1.27. The minimum Gasteiger partial charge on any atom is -0.384 e. The standard InChI is InChI=1S/C30H24FN3O3/c1-15-10-27(32)34-16(2)25(15)14-33-30(35)18-5-8-22-24(12-18)29-23-11-17(4-7-21(23)28(22)37-29)20-9-6-19(36-3)13-26(20)31/h4-13,28-29H,3,14H2,1-2H3,(H2-,32,33,34,35)/p+1. The summed E-state index contributed by atoms with van der Waals surface area (Å²) in [5.74, 6) is 0.271. The Bertz CT molecular complexity index is 1590. The highest BCUT2D eigenvalue weighted by molar-refractivity contribution is 5.94. The van der Waals surface area contributed by atoms with Gasteiger partial charge in [-0.2, -0.15) is 0 Å². The Kier molecular flexibility index (Phi) is 5.38. The SMILES string of the molecule is C=[O+]c1ccc(-c2ccc3c(c2)C2OC3c3ccc(C(=O)NCc4c(C)cc(N)nc4C)cc32)c(F)c1. The van der Waals surface area contributed by atoms with Gasteiger partial charge in [0, 0.05) is 29.4 Å². The molecule has 1 amide bonds. The molecule has 4 aromatic rings. The predicted molar refractivity (Wildman–Crippen MR) is 139 cm³/mol. The second-order valence-corrected chi connectivity index (χ2v) is 9.48. The van der Waals surface area contributed by atoms with Gasteiger partial charge in [0.15, 0.2) is 0 Å². The lowest BCUT2D eigenvalue weighted by molar-refractivity contribution is -0.354. The first-order valence-corrected chi connectivity index (χ1v) is 12.0. The predicted octanol–water partition coefficient (Wildman–Crippen LogP) is 5.62. The van der Waals surface area contributed by atoms with E-state index in [1.54, 1.807) is 18.2 Å². The quantitative estimate of drug-likeness (QED) is 0.353. The van der Waals surface area contributed by atoms with Crippen molar-refractivity contribution in [3.63, 3.8) is 0 Å². The molecule has 3 N–H and O–H groups in total. The maximum absolute atomic E-state index is 14.7. The van der Waals surface area contributed by atoms with Crippen molar-refractivity contribution in [1.82, 2.24) is 10.3 Å². The number of nitrogens with two attached hydrogens (primary N) is 1. The molecular formula is C30H25FN3O3+. The summed E-state index contributed by atoms with van der Waals surface area (Å²) in [6, 6.07) is 18.1. The van der Waals surface area contributed by atoms with Crippen LogP contribution in [0.2, 0.25) is 0 Å². The number of carbonyl (C=O) groups excluding carboxylic acids is 2. The van der Waals surface area contributed by atoms with Gasteiger partial charge in [0.1, 0.15) is 23.8 Å². The molecule has 2 unspecified atom stereocenters. The molecule has 0 aliphatic carbocycles. The molecule has 37 heavy (non-hydrogen) atoms. The maximum atomic E-state index is 14.7. The van der Waals surface area contributed by atoms with Crippen molar-refractivity contribution < 1.29 is 18.3 Å². The summed E-state index contributed by atoms with van der Waals surface area (Å²) in [4.78, 5) is 17.3. The molecule has 0 saturated carbocycles. The van der Waals surface area contributed by atoms with Gasteiger partial charge in [-0.05, 0) is 83.1 Å². The van der Waals surface area contributed by atoms with Gasteiger partial charge < -0.3 is 15.8 Å². The highest BCUT2D eigenvalue weighted by Crippen LogP contribution is 2.54. The molecular weight excluding hydrogens is 469 g/mol. The number of anilines is 1. The van der Waals surface area contributed by atoms with E-state index in [1.165, 1.54) is 6.07 Å². The number of halogens is 1. The summed E-state index contributed by atoms with van der Waals surface area (Å²) in [5.41, 5.74) is 14.4. The minimum atomic E-state index is -0.383. The molecule has 3 aromatic carbocycles. The molecule has 7 heteroatoms. The van der Waals surface area contributed by atoms with Crippen molar-refractivity contribution >= 4 is 18.5 Å². The van der Waals surface area contributed by atoms with E-state index < -0.39 is 0 Å². The number of carbonyl (C=O) groups is 1. The summed E-state index contributed by atoms with van der Waals surface area (Å²) in [6.07, 6.45) is -0.502. The molecule has 2 bridgehead atoms. The zero-order valence-corrected chi connectivity index (χ0v) is 20.5. The van der Waals surface area contributed by atoms with Crippen LogP contribution in [0.25, 0.3) is 11.1 Å². The van der Waals surface area contributed by atoms with Gasteiger partial charge in [0.05, 0.1) is 6.07 Å². The van der Waals surface area contributed by atoms with Gasteiger partial charge in [0.25, 0.3) is 12.7 Å². The number of hydrogen-bond donors (Lipinski definition) is 2. The number of fused-ring (bicyclic) bond motifs is 8. The first-order valence-electron chi connectivity index (χ1n) is 12.0. The molecule has 0 radical (unpaired) electrons. The Morgan fingerprint density at radius 2 is 1.76 bits per heavy atom. The lowest BCUT2D eigenvalue weighted by Crippen LogP contribution is -2.24. The number of aryl methyl sites for hydroxylation is 2. The minimum absolute atomic E-state index is 0.176. The van der Waals surface area contributed by atoms with Crippen LogP contribution >= 0.6 is 0 Å². The molecule has 2 aliphatic heterocycles. The van der Waals surface area contributed by atoms with Crippen LogP contribution in [0.15, 0.2) is 60.7 Å². The molecule has 184 valence electrons. The van der Waals surface area contributed by atoms with Crippen molar-refractivity contribution in [1.29, 1.82) is 0 Å². The Morgan fingerprint density at radius 3 is 2.49 bits per heavy atom. The van der Waals surface area contributed by atoms with E-state index in [0.717, 1.165) is 44.6 Å². The van der Waals surface area contributed by atoms with Crippen LogP contribution in [0.5, 0.6) is 5.75 Å². The number of hydrogen-bond acceptors (Lipinski definition) is 4. The van der Waals surface area contributed by atoms with E-state index in [-0.39, 0.29) is 23.9 Å². The number of benzene rings is 3. The average molecular weight is 495 g/mol. The third kappa shape index (κ3) is 3.79. The number of aromatic nitrogens is 1. The first kappa shape index (κ1) is 23.1. The van der Waals surface area contributed by atoms with E-state index in [9.17, 15) is 9.18 Å². The molecule has 2 aliphatic rings. The monoisotopic (exact) mass is 494 g/mol. The molecule has 6 rings (SSSR count). The van der Waals surface area contributed by atoms with Crippen molar-refractivity contribution in [3.8, 4) is 16.9 Å². The maximum Gasteiger partial charge on any atom is 0.354 e. The third-order valence-electron chi connectivity index (χ3n) is 7.26. The van der Waals surface area contributed by atoms with E-state index >= 15 is 0 Å². The summed E-state index contributed by atoms with van der Waals surface area (Å²) >= 11 is 0. The summed E-state index contributed by atoms with van der Waals surface area (Å²) in [6.45, 7) is 7.53. The fourth-order valence-corrected chi connectivity index (χ4v) is 5.40. The summed E-state index contributed by atoms with van der Waals surface area (Å²) < 4.78 is 25.9. The molecule has 3 heterocycles. The number of nitrogen functional groups attached to an aromatic ring is 1. The lowest BCUT2D eigenvalue weighted by atomic mass is 9.83. The van der Waals surface area contributed by atoms with Gasteiger partial charge in [0.2, 0.25) is 0 Å². The number of amides is 1. The molecule has 6 nitrogen and oxygen atoms in total. The smallest absolute Gasteiger partial charge is 0.354 e. The van der Waals surface area contributed by atoms with Crippen LogP contribution in [-0.2, 0) is 15.7 Å². The van der Waals surface area contributed by atoms with Gasteiger partial charge in [-0.3, -0.25) is 4.79 Å². The molecule has 2 atom stereocenters. The number of pyridine rings is 1. The highest BCUT2D eigenvalue weighted by atomic mass is 19.1. The number of nitrogens with one attached hydrogen (secondary N) is 1. The Labute approximate surface area is 213 Å². The topological polar surface area (TPSA) is 88.5 Å². The van der Waals surface area contributed by atoms with E-state index in [2.05, 4.69) is 17.1 Å². The molecule has 1 aromatic heterocycles. The van der Waals surface area contributed by atoms with Crippen molar-refractivity contribution in [2.24, 2.45) is 0 Å². The molecule has 0 saturated heterocycles. The summed E-state index contributed by atoms with van der Waals surface area (Å²) in [7, 11) is 0. The first-order chi connectivity index (χ1) is 17.8. The lowest BCUT2D eigenvalue weighted by Gasteiger charge is -2.18. The number of nitrogens with zero attached hydrogens (tertiary/aromatic N) is 1.